The second-order valence-electron chi connectivity index (χ2n) is 6.70. The smallest absolute Gasteiger partial charge is 0.129 e. The predicted octanol–water partition coefficient (Wildman–Crippen LogP) is 3.68. The topological polar surface area (TPSA) is 45.8 Å². The van der Waals surface area contributed by atoms with Crippen LogP contribution in [0.5, 0.6) is 0 Å². The average Bonchev–Trinajstić information content (AvgIpc) is 3.02. The van der Waals surface area contributed by atoms with E-state index in [1.54, 1.807) is 6.26 Å². The lowest BCUT2D eigenvalue weighted by Gasteiger charge is -2.29. The third-order valence-electron chi connectivity index (χ3n) is 4.18. The number of benzene rings is 1. The number of furan rings is 1. The van der Waals surface area contributed by atoms with Gasteiger partial charge in [-0.25, -0.2) is 0 Å². The fraction of sp³-hybridized carbons (Fsp3) is 0.500. The van der Waals surface area contributed by atoms with Gasteiger partial charge in [-0.15, -0.1) is 0 Å². The zero-order valence-corrected chi connectivity index (χ0v) is 15.2. The molecule has 2 rings (SSSR count). The van der Waals surface area contributed by atoms with E-state index < -0.39 is 6.10 Å². The predicted molar refractivity (Wildman–Crippen MR) is 95.8 cm³/mol. The molecule has 24 heavy (non-hydrogen) atoms. The Morgan fingerprint density at radius 2 is 2.00 bits per heavy atom. The molecule has 0 unspecified atom stereocenters. The molecule has 0 bridgehead atoms. The van der Waals surface area contributed by atoms with Crippen molar-refractivity contribution in [1.82, 2.24) is 4.90 Å². The van der Waals surface area contributed by atoms with Gasteiger partial charge in [0, 0.05) is 19.1 Å². The van der Waals surface area contributed by atoms with Crippen LogP contribution >= 0.6 is 0 Å². The first-order valence-electron chi connectivity index (χ1n) is 8.54. The van der Waals surface area contributed by atoms with E-state index in [-0.39, 0.29) is 0 Å². The number of nitrogens with zero attached hydrogens (tertiary/aromatic N) is 1. The molecule has 0 aliphatic heterocycles. The van der Waals surface area contributed by atoms with E-state index in [1.165, 1.54) is 16.7 Å². The van der Waals surface area contributed by atoms with Crippen molar-refractivity contribution in [3.8, 4) is 0 Å². The Morgan fingerprint density at radius 1 is 1.21 bits per heavy atom. The van der Waals surface area contributed by atoms with Crippen molar-refractivity contribution < 1.29 is 14.3 Å². The Morgan fingerprint density at radius 3 is 2.62 bits per heavy atom. The van der Waals surface area contributed by atoms with Crippen molar-refractivity contribution in [2.45, 2.75) is 53.0 Å². The van der Waals surface area contributed by atoms with Crippen LogP contribution in [0.2, 0.25) is 0 Å². The first-order valence-corrected chi connectivity index (χ1v) is 8.54. The summed E-state index contributed by atoms with van der Waals surface area (Å²) in [5.74, 6) is 0.776. The molecule has 132 valence electrons. The van der Waals surface area contributed by atoms with Crippen LogP contribution in [0, 0.1) is 13.8 Å². The number of hydrogen-bond donors (Lipinski definition) is 1. The minimum absolute atomic E-state index is 0.302. The zero-order valence-electron chi connectivity index (χ0n) is 15.2. The molecule has 0 spiro atoms. The fourth-order valence-electron chi connectivity index (χ4n) is 2.71. The summed E-state index contributed by atoms with van der Waals surface area (Å²) in [6, 6.07) is 10.6. The summed E-state index contributed by atoms with van der Waals surface area (Å²) in [4.78, 5) is 2.28. The third-order valence-corrected chi connectivity index (χ3v) is 4.18. The summed E-state index contributed by atoms with van der Waals surface area (Å²) >= 11 is 0. The fourth-order valence-corrected chi connectivity index (χ4v) is 2.71. The van der Waals surface area contributed by atoms with Crippen molar-refractivity contribution in [1.29, 1.82) is 0 Å². The normalized spacial score (nSPS) is 13.0. The summed E-state index contributed by atoms with van der Waals surface area (Å²) in [5, 5.41) is 10.3. The number of aliphatic hydroxyl groups excluding tert-OH is 1. The zero-order chi connectivity index (χ0) is 17.5. The first kappa shape index (κ1) is 18.7. The monoisotopic (exact) mass is 331 g/mol. The molecule has 4 heteroatoms. The van der Waals surface area contributed by atoms with Gasteiger partial charge in [-0.3, -0.25) is 4.90 Å². The quantitative estimate of drug-likeness (QED) is 0.761. The van der Waals surface area contributed by atoms with E-state index in [9.17, 15) is 5.11 Å². The van der Waals surface area contributed by atoms with E-state index in [1.807, 2.05) is 12.1 Å². The molecule has 2 aromatic rings. The molecule has 0 aliphatic rings. The van der Waals surface area contributed by atoms with Crippen LogP contribution < -0.4 is 0 Å². The van der Waals surface area contributed by atoms with Crippen molar-refractivity contribution in [2.24, 2.45) is 0 Å². The van der Waals surface area contributed by atoms with Gasteiger partial charge < -0.3 is 14.3 Å². The molecule has 1 aromatic heterocycles. The standard InChI is InChI=1S/C20H29NO3/c1-15(2)21(11-18-8-7-16(3)10-17(18)4)12-19(22)13-23-14-20-6-5-9-24-20/h5-10,15,19,22H,11-14H2,1-4H3/t19-/m1/s1. The molecular formula is C20H29NO3. The van der Waals surface area contributed by atoms with Gasteiger partial charge in [-0.05, 0) is 51.0 Å². The van der Waals surface area contributed by atoms with Gasteiger partial charge in [0.05, 0.1) is 19.0 Å². The highest BCUT2D eigenvalue weighted by atomic mass is 16.5. The van der Waals surface area contributed by atoms with Gasteiger partial charge in [0.25, 0.3) is 0 Å². The summed E-state index contributed by atoms with van der Waals surface area (Å²) in [6.07, 6.45) is 1.10. The van der Waals surface area contributed by atoms with Crippen molar-refractivity contribution in [3.05, 3.63) is 59.0 Å². The van der Waals surface area contributed by atoms with Crippen molar-refractivity contribution in [2.75, 3.05) is 13.2 Å². The van der Waals surface area contributed by atoms with Crippen LogP contribution in [0.25, 0.3) is 0 Å². The largest absolute Gasteiger partial charge is 0.467 e. The number of hydrogen-bond acceptors (Lipinski definition) is 4. The van der Waals surface area contributed by atoms with Crippen LogP contribution in [0.15, 0.2) is 41.0 Å². The van der Waals surface area contributed by atoms with Gasteiger partial charge in [0.2, 0.25) is 0 Å². The Kier molecular flexibility index (Phi) is 7.03. The molecule has 4 nitrogen and oxygen atoms in total. The Hall–Kier alpha value is -1.62. The van der Waals surface area contributed by atoms with Crippen LogP contribution in [0.1, 0.15) is 36.3 Å². The SMILES string of the molecule is Cc1ccc(CN(C[C@@H](O)COCc2ccco2)C(C)C)c(C)c1. The highest BCUT2D eigenvalue weighted by Crippen LogP contribution is 2.15. The molecule has 1 heterocycles. The van der Waals surface area contributed by atoms with Crippen LogP contribution in [0.4, 0.5) is 0 Å². The van der Waals surface area contributed by atoms with E-state index >= 15 is 0 Å². The summed E-state index contributed by atoms with van der Waals surface area (Å²) < 4.78 is 10.8. The maximum absolute atomic E-state index is 10.3. The van der Waals surface area contributed by atoms with Gasteiger partial charge >= 0.3 is 0 Å². The highest BCUT2D eigenvalue weighted by molar-refractivity contribution is 5.30. The molecule has 0 saturated carbocycles. The molecule has 0 fully saturated rings. The van der Waals surface area contributed by atoms with Gasteiger partial charge in [0.1, 0.15) is 12.4 Å². The Labute approximate surface area is 145 Å². The van der Waals surface area contributed by atoms with Crippen molar-refractivity contribution in [3.63, 3.8) is 0 Å². The molecule has 0 radical (unpaired) electrons. The molecule has 1 N–H and O–H groups in total. The van der Waals surface area contributed by atoms with Crippen LogP contribution in [-0.2, 0) is 17.9 Å². The second-order valence-corrected chi connectivity index (χ2v) is 6.70. The van der Waals surface area contributed by atoms with Gasteiger partial charge in [-0.2, -0.15) is 0 Å². The number of aryl methyl sites for hydroxylation is 2. The Bertz CT molecular complexity index is 607. The highest BCUT2D eigenvalue weighted by Gasteiger charge is 2.16. The average molecular weight is 331 g/mol. The van der Waals surface area contributed by atoms with Gasteiger partial charge in [0.15, 0.2) is 0 Å². The lowest BCUT2D eigenvalue weighted by Crippen LogP contribution is -2.39. The van der Waals surface area contributed by atoms with Crippen LogP contribution in [-0.4, -0.2) is 35.3 Å². The third kappa shape index (κ3) is 5.78. The molecule has 0 amide bonds. The second kappa shape index (κ2) is 9.02. The molecule has 1 atom stereocenters. The Balaban J connectivity index is 1.85. The minimum Gasteiger partial charge on any atom is -0.467 e. The summed E-state index contributed by atoms with van der Waals surface area (Å²) in [6.45, 7) is 10.7. The first-order chi connectivity index (χ1) is 11.5. The maximum atomic E-state index is 10.3. The molecular weight excluding hydrogens is 302 g/mol. The number of ether oxygens (including phenoxy) is 1. The lowest BCUT2D eigenvalue weighted by atomic mass is 10.0. The van der Waals surface area contributed by atoms with E-state index in [0.29, 0.717) is 25.8 Å². The maximum Gasteiger partial charge on any atom is 0.129 e. The van der Waals surface area contributed by atoms with E-state index in [2.05, 4.69) is 50.8 Å². The van der Waals surface area contributed by atoms with E-state index in [0.717, 1.165) is 12.3 Å². The number of rotatable bonds is 9. The van der Waals surface area contributed by atoms with E-state index in [4.69, 9.17) is 9.15 Å². The molecule has 0 saturated heterocycles. The minimum atomic E-state index is -0.520. The lowest BCUT2D eigenvalue weighted by molar-refractivity contribution is -0.00119. The molecule has 1 aromatic carbocycles. The number of aliphatic hydroxyl groups is 1. The van der Waals surface area contributed by atoms with Gasteiger partial charge in [-0.1, -0.05) is 23.8 Å². The summed E-state index contributed by atoms with van der Waals surface area (Å²) in [7, 11) is 0. The molecule has 0 aliphatic carbocycles. The summed E-state index contributed by atoms with van der Waals surface area (Å²) in [5.41, 5.74) is 3.88. The van der Waals surface area contributed by atoms with Crippen LogP contribution in [0.3, 0.4) is 0 Å². The van der Waals surface area contributed by atoms with Crippen molar-refractivity contribution >= 4 is 0 Å².